The van der Waals surface area contributed by atoms with Gasteiger partial charge in [0.25, 0.3) is 5.91 Å². The van der Waals surface area contributed by atoms with E-state index in [1.807, 2.05) is 20.8 Å². The van der Waals surface area contributed by atoms with Crippen LogP contribution in [0.4, 0.5) is 4.79 Å². The summed E-state index contributed by atoms with van der Waals surface area (Å²) in [6.07, 6.45) is 1.89. The number of Topliss-reactive ketones (excluding diaryl/α,β-unsaturated/α-hetero) is 1. The molecule has 3 atom stereocenters. The molecule has 0 aliphatic rings. The van der Waals surface area contributed by atoms with Crippen LogP contribution in [0.15, 0.2) is 54.6 Å². The number of rotatable bonds is 21. The zero-order valence-electron chi connectivity index (χ0n) is 28.0. The van der Waals surface area contributed by atoms with Crippen LogP contribution < -0.4 is 36.6 Å². The number of benzene rings is 2. The van der Waals surface area contributed by atoms with Crippen molar-refractivity contribution in [2.75, 3.05) is 26.2 Å². The van der Waals surface area contributed by atoms with Gasteiger partial charge >= 0.3 is 12.0 Å². The Labute approximate surface area is 285 Å². The molecule has 0 aromatic heterocycles. The topological polar surface area (TPSA) is 221 Å². The van der Waals surface area contributed by atoms with Crippen molar-refractivity contribution >= 4 is 41.4 Å². The van der Waals surface area contributed by atoms with E-state index < -0.39 is 72.6 Å². The largest absolute Gasteiger partial charge is 0.494 e. The van der Waals surface area contributed by atoms with Crippen molar-refractivity contribution in [2.45, 2.75) is 71.0 Å². The molecule has 0 aliphatic carbocycles. The van der Waals surface area contributed by atoms with Gasteiger partial charge in [0, 0.05) is 13.0 Å². The third-order valence-corrected chi connectivity index (χ3v) is 7.04. The number of ether oxygens (including phenoxy) is 1. The Morgan fingerprint density at radius 2 is 1.45 bits per heavy atom. The summed E-state index contributed by atoms with van der Waals surface area (Å²) in [5.74, 6) is -5.21. The van der Waals surface area contributed by atoms with Gasteiger partial charge in [0.05, 0.1) is 25.7 Å². The molecular formula is C34H46N6O9. The molecule has 0 saturated carbocycles. The lowest BCUT2D eigenvalue weighted by Crippen LogP contribution is -2.56. The highest BCUT2D eigenvalue weighted by Crippen LogP contribution is 2.16. The highest BCUT2D eigenvalue weighted by atomic mass is 16.5. The molecule has 15 heteroatoms. The number of hydrogen-bond acceptors (Lipinski definition) is 8. The number of amides is 6. The van der Waals surface area contributed by atoms with E-state index in [0.717, 1.165) is 0 Å². The fourth-order valence-electron chi connectivity index (χ4n) is 4.58. The summed E-state index contributed by atoms with van der Waals surface area (Å²) in [6.45, 7) is 5.26. The van der Waals surface area contributed by atoms with Gasteiger partial charge in [-0.25, -0.2) is 9.59 Å². The molecule has 7 N–H and O–H groups in total. The molecule has 49 heavy (non-hydrogen) atoms. The van der Waals surface area contributed by atoms with Crippen LogP contribution in [-0.4, -0.2) is 84.8 Å². The number of carbonyl (C=O) groups is 7. The maximum absolute atomic E-state index is 13.6. The SMILES string of the molecule is CCCCC(NC(=O)C(Cc1cccc(OCC)c1)NC(=O)CNC(=O)NCCC)C(=O)C(=O)NCC(=O)NC(C(=O)O)c1ccccc1. The molecule has 266 valence electrons. The zero-order valence-corrected chi connectivity index (χ0v) is 28.0. The molecule has 2 rings (SSSR count). The fourth-order valence-corrected chi connectivity index (χ4v) is 4.58. The first-order chi connectivity index (χ1) is 23.5. The van der Waals surface area contributed by atoms with Gasteiger partial charge in [0.1, 0.15) is 11.8 Å². The van der Waals surface area contributed by atoms with Crippen LogP contribution in [0.5, 0.6) is 5.75 Å². The molecule has 0 fully saturated rings. The van der Waals surface area contributed by atoms with Gasteiger partial charge in [0.2, 0.25) is 23.5 Å². The number of aliphatic carboxylic acids is 1. The quantitative estimate of drug-likeness (QED) is 0.0937. The number of hydrogen-bond donors (Lipinski definition) is 7. The summed E-state index contributed by atoms with van der Waals surface area (Å²) < 4.78 is 5.54. The van der Waals surface area contributed by atoms with Crippen LogP contribution in [0.1, 0.15) is 63.6 Å². The number of ketones is 1. The van der Waals surface area contributed by atoms with Gasteiger partial charge in [-0.1, -0.05) is 69.2 Å². The molecule has 0 radical (unpaired) electrons. The second-order valence-electron chi connectivity index (χ2n) is 11.0. The summed E-state index contributed by atoms with van der Waals surface area (Å²) >= 11 is 0. The summed E-state index contributed by atoms with van der Waals surface area (Å²) in [5, 5.41) is 24.2. The third kappa shape index (κ3) is 14.5. The van der Waals surface area contributed by atoms with E-state index in [4.69, 9.17) is 4.74 Å². The molecule has 3 unspecified atom stereocenters. The predicted octanol–water partition coefficient (Wildman–Crippen LogP) is 1.12. The second kappa shape index (κ2) is 21.4. The van der Waals surface area contributed by atoms with Gasteiger partial charge in [-0.15, -0.1) is 0 Å². The van der Waals surface area contributed by atoms with Gasteiger partial charge < -0.3 is 41.7 Å². The van der Waals surface area contributed by atoms with Crippen molar-refractivity contribution in [1.29, 1.82) is 0 Å². The summed E-state index contributed by atoms with van der Waals surface area (Å²) in [7, 11) is 0. The Morgan fingerprint density at radius 3 is 2.10 bits per heavy atom. The summed E-state index contributed by atoms with van der Waals surface area (Å²) in [4.78, 5) is 88.6. The normalized spacial score (nSPS) is 12.3. The minimum absolute atomic E-state index is 0.00622. The Hall–Kier alpha value is -5.47. The van der Waals surface area contributed by atoms with Gasteiger partial charge in [-0.3, -0.25) is 24.0 Å². The average Bonchev–Trinajstić information content (AvgIpc) is 3.09. The zero-order chi connectivity index (χ0) is 36.2. The number of carboxylic acid groups (broad SMARTS) is 1. The van der Waals surface area contributed by atoms with E-state index in [1.54, 1.807) is 42.5 Å². The smallest absolute Gasteiger partial charge is 0.330 e. The van der Waals surface area contributed by atoms with Gasteiger partial charge in [0.15, 0.2) is 6.04 Å². The lowest BCUT2D eigenvalue weighted by atomic mass is 10.0. The van der Waals surface area contributed by atoms with E-state index in [-0.39, 0.29) is 12.8 Å². The van der Waals surface area contributed by atoms with Crippen molar-refractivity contribution in [3.8, 4) is 5.75 Å². The molecular weight excluding hydrogens is 636 g/mol. The molecule has 0 saturated heterocycles. The molecule has 0 heterocycles. The highest BCUT2D eigenvalue weighted by molar-refractivity contribution is 6.38. The van der Waals surface area contributed by atoms with Crippen LogP contribution in [0.3, 0.4) is 0 Å². The first kappa shape index (κ1) is 39.7. The van der Waals surface area contributed by atoms with E-state index in [9.17, 15) is 38.7 Å². The minimum Gasteiger partial charge on any atom is -0.494 e. The van der Waals surface area contributed by atoms with E-state index in [1.165, 1.54) is 12.1 Å². The Balaban J connectivity index is 2.15. The van der Waals surface area contributed by atoms with Gasteiger partial charge in [-0.05, 0) is 43.0 Å². The van der Waals surface area contributed by atoms with Crippen molar-refractivity contribution in [3.05, 3.63) is 65.7 Å². The number of carboxylic acids is 1. The van der Waals surface area contributed by atoms with Crippen LogP contribution >= 0.6 is 0 Å². The predicted molar refractivity (Wildman–Crippen MR) is 179 cm³/mol. The van der Waals surface area contributed by atoms with Crippen LogP contribution in [0, 0.1) is 0 Å². The Bertz CT molecular complexity index is 1440. The van der Waals surface area contributed by atoms with Crippen molar-refractivity contribution in [2.24, 2.45) is 0 Å². The number of unbranched alkanes of at least 4 members (excludes halogenated alkanes) is 1. The standard InChI is InChI=1S/C34H46N6O9/c1-4-7-16-25(30(43)32(45)36-20-28(42)40-29(33(46)47)23-13-9-8-10-14-23)39-31(44)26(19-22-12-11-15-24(18-22)49-6-3)38-27(41)21-37-34(48)35-17-5-2/h8-15,18,25-26,29H,4-7,16-17,19-21H2,1-3H3,(H,36,45)(H,38,41)(H,39,44)(H,40,42)(H,46,47)(H2,35,37,48). The highest BCUT2D eigenvalue weighted by Gasteiger charge is 2.31. The van der Waals surface area contributed by atoms with Gasteiger partial charge in [-0.2, -0.15) is 0 Å². The first-order valence-corrected chi connectivity index (χ1v) is 16.2. The average molecular weight is 683 g/mol. The van der Waals surface area contributed by atoms with E-state index in [0.29, 0.717) is 49.3 Å². The third-order valence-electron chi connectivity index (χ3n) is 7.04. The minimum atomic E-state index is -1.37. The maximum atomic E-state index is 13.6. The van der Waals surface area contributed by atoms with E-state index >= 15 is 0 Å². The van der Waals surface area contributed by atoms with Crippen LogP contribution in [0.25, 0.3) is 0 Å². The van der Waals surface area contributed by atoms with Crippen LogP contribution in [-0.2, 0) is 35.2 Å². The lowest BCUT2D eigenvalue weighted by Gasteiger charge is -2.23. The number of carbonyl (C=O) groups excluding carboxylic acids is 6. The summed E-state index contributed by atoms with van der Waals surface area (Å²) in [6, 6.07) is 10.4. The lowest BCUT2D eigenvalue weighted by molar-refractivity contribution is -0.142. The molecule has 6 amide bonds. The molecule has 2 aromatic carbocycles. The molecule has 0 spiro atoms. The Kier molecular flexibility index (Phi) is 17.4. The molecule has 0 aliphatic heterocycles. The van der Waals surface area contributed by atoms with Crippen LogP contribution in [0.2, 0.25) is 0 Å². The molecule has 0 bridgehead atoms. The fraction of sp³-hybridized carbons (Fsp3) is 0.441. The summed E-state index contributed by atoms with van der Waals surface area (Å²) in [5.41, 5.74) is 0.949. The Morgan fingerprint density at radius 1 is 0.755 bits per heavy atom. The monoisotopic (exact) mass is 682 g/mol. The second-order valence-corrected chi connectivity index (χ2v) is 11.0. The van der Waals surface area contributed by atoms with Crippen molar-refractivity contribution < 1.29 is 43.4 Å². The molecule has 2 aromatic rings. The van der Waals surface area contributed by atoms with Crippen molar-refractivity contribution in [1.82, 2.24) is 31.9 Å². The van der Waals surface area contributed by atoms with E-state index in [2.05, 4.69) is 31.9 Å². The number of nitrogens with one attached hydrogen (secondary N) is 6. The number of urea groups is 1. The maximum Gasteiger partial charge on any atom is 0.330 e. The molecule has 15 nitrogen and oxygen atoms in total. The van der Waals surface area contributed by atoms with Crippen molar-refractivity contribution in [3.63, 3.8) is 0 Å². The first-order valence-electron chi connectivity index (χ1n) is 16.2.